The molecule has 1 aliphatic rings. The molecule has 3 heterocycles. The summed E-state index contributed by atoms with van der Waals surface area (Å²) in [6.07, 6.45) is 2.84. The number of fused-ring (bicyclic) bond motifs is 2. The Morgan fingerprint density at radius 1 is 1.18 bits per heavy atom. The molecule has 0 bridgehead atoms. The predicted octanol–water partition coefficient (Wildman–Crippen LogP) is 5.28. The highest BCUT2D eigenvalue weighted by molar-refractivity contribution is 5.84. The van der Waals surface area contributed by atoms with Crippen LogP contribution < -0.4 is 10.5 Å². The molecular weight excluding hydrogens is 500 g/mol. The third kappa shape index (κ3) is 5.08. The van der Waals surface area contributed by atoms with Gasteiger partial charge in [-0.3, -0.25) is 14.7 Å². The zero-order valence-corrected chi connectivity index (χ0v) is 24.4. The first kappa shape index (κ1) is 27.8. The van der Waals surface area contributed by atoms with E-state index in [4.69, 9.17) is 10.5 Å². The molecule has 0 spiro atoms. The number of pyridine rings is 1. The molecule has 210 valence electrons. The second-order valence-corrected chi connectivity index (χ2v) is 11.5. The normalized spacial score (nSPS) is 16.8. The molecule has 1 amide bonds. The van der Waals surface area contributed by atoms with Crippen molar-refractivity contribution < 1.29 is 9.53 Å². The number of nitrogens with zero attached hydrogens (tertiary/aromatic N) is 5. The van der Waals surface area contributed by atoms with Gasteiger partial charge in [-0.2, -0.15) is 0 Å². The van der Waals surface area contributed by atoms with Crippen LogP contribution in [0.25, 0.3) is 11.0 Å². The molecule has 2 aromatic carbocycles. The van der Waals surface area contributed by atoms with Crippen molar-refractivity contribution in [1.82, 2.24) is 24.9 Å². The molecule has 0 saturated carbocycles. The zero-order chi connectivity index (χ0) is 28.6. The van der Waals surface area contributed by atoms with Gasteiger partial charge in [-0.1, -0.05) is 50.3 Å². The zero-order valence-electron chi connectivity index (χ0n) is 24.4. The first-order valence-electron chi connectivity index (χ1n) is 14.2. The number of carbonyl (C=O) groups excluding carboxylic acids is 1. The Morgan fingerprint density at radius 2 is 1.98 bits per heavy atom. The summed E-state index contributed by atoms with van der Waals surface area (Å²) in [7, 11) is 0. The summed E-state index contributed by atoms with van der Waals surface area (Å²) in [6.45, 7) is 15.3. The van der Waals surface area contributed by atoms with Crippen molar-refractivity contribution in [2.45, 2.75) is 79.6 Å². The van der Waals surface area contributed by atoms with Crippen LogP contribution in [0.2, 0.25) is 0 Å². The lowest BCUT2D eigenvalue weighted by atomic mass is 9.69. The van der Waals surface area contributed by atoms with Crippen LogP contribution in [-0.2, 0) is 24.4 Å². The van der Waals surface area contributed by atoms with E-state index in [0.29, 0.717) is 0 Å². The molecule has 8 heteroatoms. The van der Waals surface area contributed by atoms with Gasteiger partial charge in [0, 0.05) is 38.3 Å². The molecule has 4 aromatic rings. The molecule has 2 N–H and O–H groups in total. The molecule has 5 rings (SSSR count). The van der Waals surface area contributed by atoms with Crippen molar-refractivity contribution >= 4 is 16.9 Å². The molecule has 0 fully saturated rings. The first-order chi connectivity index (χ1) is 19.1. The van der Waals surface area contributed by atoms with Gasteiger partial charge < -0.3 is 10.5 Å². The van der Waals surface area contributed by atoms with Gasteiger partial charge in [0.1, 0.15) is 17.4 Å². The van der Waals surface area contributed by atoms with Gasteiger partial charge in [-0.05, 0) is 73.2 Å². The van der Waals surface area contributed by atoms with Crippen molar-refractivity contribution in [1.29, 1.82) is 0 Å². The average molecular weight is 541 g/mol. The Balaban J connectivity index is 1.56. The van der Waals surface area contributed by atoms with Crippen molar-refractivity contribution in [3.05, 3.63) is 82.2 Å². The van der Waals surface area contributed by atoms with Gasteiger partial charge in [-0.25, -0.2) is 4.68 Å². The van der Waals surface area contributed by atoms with Crippen LogP contribution in [0.1, 0.15) is 73.5 Å². The molecule has 8 nitrogen and oxygen atoms in total. The van der Waals surface area contributed by atoms with Gasteiger partial charge in [0.25, 0.3) is 0 Å². The third-order valence-corrected chi connectivity index (χ3v) is 8.48. The topological polar surface area (TPSA) is 99.2 Å². The van der Waals surface area contributed by atoms with E-state index in [1.807, 2.05) is 36.9 Å². The number of benzene rings is 2. The van der Waals surface area contributed by atoms with E-state index in [-0.39, 0.29) is 17.9 Å². The monoisotopic (exact) mass is 540 g/mol. The second kappa shape index (κ2) is 11.0. The lowest BCUT2D eigenvalue weighted by Gasteiger charge is -2.34. The van der Waals surface area contributed by atoms with Crippen molar-refractivity contribution in [2.75, 3.05) is 6.54 Å². The second-order valence-electron chi connectivity index (χ2n) is 11.5. The highest BCUT2D eigenvalue weighted by atomic mass is 16.5. The van der Waals surface area contributed by atoms with Crippen LogP contribution in [0.5, 0.6) is 5.75 Å². The van der Waals surface area contributed by atoms with E-state index in [9.17, 15) is 4.79 Å². The van der Waals surface area contributed by atoms with Gasteiger partial charge in [0.15, 0.2) is 0 Å². The molecule has 0 saturated heterocycles. The Morgan fingerprint density at radius 3 is 2.70 bits per heavy atom. The number of carbonyl (C=O) groups is 1. The van der Waals surface area contributed by atoms with Crippen LogP contribution in [0.4, 0.5) is 0 Å². The number of hydrogen-bond acceptors (Lipinski definition) is 6. The van der Waals surface area contributed by atoms with Gasteiger partial charge in [0.2, 0.25) is 5.91 Å². The minimum atomic E-state index is -0.835. The van der Waals surface area contributed by atoms with E-state index in [0.717, 1.165) is 71.8 Å². The largest absolute Gasteiger partial charge is 0.487 e. The third-order valence-electron chi connectivity index (χ3n) is 8.48. The lowest BCUT2D eigenvalue weighted by Crippen LogP contribution is -2.38. The fourth-order valence-electron chi connectivity index (χ4n) is 5.90. The smallest absolute Gasteiger partial charge is 0.224 e. The highest BCUT2D eigenvalue weighted by Gasteiger charge is 2.39. The molecule has 0 aliphatic carbocycles. The summed E-state index contributed by atoms with van der Waals surface area (Å²) in [6, 6.07) is 14.7. The summed E-state index contributed by atoms with van der Waals surface area (Å²) in [4.78, 5) is 19.9. The summed E-state index contributed by atoms with van der Waals surface area (Å²) in [5.74, 6) is 0.282. The van der Waals surface area contributed by atoms with E-state index < -0.39 is 5.41 Å². The van der Waals surface area contributed by atoms with Crippen LogP contribution in [0.3, 0.4) is 0 Å². The van der Waals surface area contributed by atoms with Crippen LogP contribution in [-0.4, -0.2) is 43.4 Å². The summed E-state index contributed by atoms with van der Waals surface area (Å²) in [5.41, 5.74) is 13.6. The molecule has 2 atom stereocenters. The Kier molecular flexibility index (Phi) is 7.64. The van der Waals surface area contributed by atoms with Gasteiger partial charge in [0.05, 0.1) is 16.6 Å². The molecule has 2 aromatic heterocycles. The SMILES string of the molecule is CCC1CN(Cc2cc(C(c3ccc4c(nnn4CC)c3C)C(C)(C)C(N)=O)ccc2C)Cc2ncccc2O1. The molecule has 40 heavy (non-hydrogen) atoms. The number of aryl methyl sites for hydroxylation is 3. The van der Waals surface area contributed by atoms with Crippen molar-refractivity contribution in [2.24, 2.45) is 11.1 Å². The van der Waals surface area contributed by atoms with E-state index in [1.54, 1.807) is 0 Å². The maximum atomic E-state index is 12.9. The number of hydrogen-bond donors (Lipinski definition) is 1. The number of nitrogens with two attached hydrogens (primary N) is 1. The number of amides is 1. The van der Waals surface area contributed by atoms with Crippen LogP contribution in [0, 0.1) is 19.3 Å². The molecule has 1 aliphatic heterocycles. The number of ether oxygens (including phenoxy) is 1. The maximum Gasteiger partial charge on any atom is 0.224 e. The fraction of sp³-hybridized carbons (Fsp3) is 0.438. The first-order valence-corrected chi connectivity index (χ1v) is 14.2. The standard InChI is InChI=1S/C32H40N6O2/c1-7-24-18-37(19-26-28(40-24)10-9-15-34-26)17-23-16-22(12-11-20(23)3)29(32(5,6)31(33)39)25-13-14-27-30(21(25)4)35-36-38(27)8-2/h9-16,24,29H,7-8,17-19H2,1-6H3,(H2,33,39). The van der Waals surface area contributed by atoms with Crippen molar-refractivity contribution in [3.8, 4) is 5.75 Å². The Bertz CT molecular complexity index is 1540. The summed E-state index contributed by atoms with van der Waals surface area (Å²) in [5, 5.41) is 8.80. The minimum Gasteiger partial charge on any atom is -0.487 e. The summed E-state index contributed by atoms with van der Waals surface area (Å²) < 4.78 is 8.18. The maximum absolute atomic E-state index is 12.9. The van der Waals surface area contributed by atoms with Gasteiger partial charge >= 0.3 is 0 Å². The van der Waals surface area contributed by atoms with E-state index >= 15 is 0 Å². The fourth-order valence-corrected chi connectivity index (χ4v) is 5.90. The summed E-state index contributed by atoms with van der Waals surface area (Å²) >= 11 is 0. The van der Waals surface area contributed by atoms with E-state index in [2.05, 4.69) is 78.2 Å². The van der Waals surface area contributed by atoms with E-state index in [1.165, 1.54) is 11.1 Å². The van der Waals surface area contributed by atoms with Crippen LogP contribution in [0.15, 0.2) is 48.7 Å². The molecule has 2 unspecified atom stereocenters. The average Bonchev–Trinajstić information content (AvgIpc) is 3.27. The molecular formula is C32H40N6O2. The molecule has 0 radical (unpaired) electrons. The predicted molar refractivity (Wildman–Crippen MR) is 157 cm³/mol. The van der Waals surface area contributed by atoms with Crippen molar-refractivity contribution in [3.63, 3.8) is 0 Å². The Hall–Kier alpha value is -3.78. The lowest BCUT2D eigenvalue weighted by molar-refractivity contribution is -0.126. The number of primary amides is 1. The quantitative estimate of drug-likeness (QED) is 0.326. The highest BCUT2D eigenvalue weighted by Crippen LogP contribution is 2.44. The van der Waals surface area contributed by atoms with Crippen LogP contribution >= 0.6 is 0 Å². The Labute approximate surface area is 236 Å². The van der Waals surface area contributed by atoms with Gasteiger partial charge in [-0.15, -0.1) is 5.10 Å². The number of aromatic nitrogens is 4. The number of rotatable bonds is 8. The minimum absolute atomic E-state index is 0.0985.